The molecule has 1 saturated heterocycles. The molecule has 1 aliphatic rings. The van der Waals surface area contributed by atoms with E-state index in [-0.39, 0.29) is 29.4 Å². The van der Waals surface area contributed by atoms with Gasteiger partial charge in [0.1, 0.15) is 5.82 Å². The Labute approximate surface area is 122 Å². The van der Waals surface area contributed by atoms with Crippen LogP contribution in [0.1, 0.15) is 6.42 Å². The van der Waals surface area contributed by atoms with E-state index in [1.54, 1.807) is 0 Å². The smallest absolute Gasteiger partial charge is 0.229 e. The molecule has 0 bridgehead atoms. The molecular formula is C11H13ClFNO4S2. The number of hydrogen-bond donors (Lipinski definition) is 0. The van der Waals surface area contributed by atoms with Crippen LogP contribution in [0.15, 0.2) is 23.1 Å². The van der Waals surface area contributed by atoms with Crippen molar-refractivity contribution < 1.29 is 21.2 Å². The van der Waals surface area contributed by atoms with Gasteiger partial charge >= 0.3 is 0 Å². The summed E-state index contributed by atoms with van der Waals surface area (Å²) in [5.74, 6) is -0.707. The van der Waals surface area contributed by atoms with E-state index < -0.39 is 30.9 Å². The molecule has 112 valence electrons. The summed E-state index contributed by atoms with van der Waals surface area (Å²) in [6.07, 6.45) is 1.34. The maximum atomic E-state index is 13.1. The van der Waals surface area contributed by atoms with Gasteiger partial charge in [0.05, 0.1) is 15.2 Å². The van der Waals surface area contributed by atoms with Crippen molar-refractivity contribution in [1.29, 1.82) is 0 Å². The van der Waals surface area contributed by atoms with Gasteiger partial charge in [-0.15, -0.1) is 0 Å². The molecule has 1 aromatic rings. The Balaban J connectivity index is 2.30. The largest absolute Gasteiger partial charge is 0.243 e. The fraction of sp³-hybridized carbons (Fsp3) is 0.455. The van der Waals surface area contributed by atoms with Crippen molar-refractivity contribution in [3.05, 3.63) is 29.0 Å². The SMILES string of the molecule is CS(=O)(=O)[C@@H]1CCN(S(=O)(=O)c2ccc(F)c(Cl)c2)C1. The zero-order valence-electron chi connectivity index (χ0n) is 10.6. The third-order valence-electron chi connectivity index (χ3n) is 3.24. The first-order chi connectivity index (χ1) is 9.12. The van der Waals surface area contributed by atoms with Gasteiger partial charge in [0, 0.05) is 19.3 Å². The van der Waals surface area contributed by atoms with Gasteiger partial charge in [-0.25, -0.2) is 21.2 Å². The number of halogens is 2. The van der Waals surface area contributed by atoms with Crippen LogP contribution in [0, 0.1) is 5.82 Å². The van der Waals surface area contributed by atoms with Crippen molar-refractivity contribution >= 4 is 31.5 Å². The predicted octanol–water partition coefficient (Wildman–Crippen LogP) is 1.29. The highest BCUT2D eigenvalue weighted by Crippen LogP contribution is 2.26. The van der Waals surface area contributed by atoms with Gasteiger partial charge in [-0.3, -0.25) is 0 Å². The molecule has 2 rings (SSSR count). The van der Waals surface area contributed by atoms with E-state index in [1.807, 2.05) is 0 Å². The maximum absolute atomic E-state index is 13.1. The molecule has 0 saturated carbocycles. The summed E-state index contributed by atoms with van der Waals surface area (Å²) in [6.45, 7) is 0.0330. The summed E-state index contributed by atoms with van der Waals surface area (Å²) in [5.41, 5.74) is 0. The lowest BCUT2D eigenvalue weighted by Crippen LogP contribution is -2.31. The van der Waals surface area contributed by atoms with Gasteiger partial charge in [0.15, 0.2) is 9.84 Å². The first kappa shape index (κ1) is 15.7. The number of sulfone groups is 1. The van der Waals surface area contributed by atoms with Crippen LogP contribution in [-0.2, 0) is 19.9 Å². The fourth-order valence-electron chi connectivity index (χ4n) is 2.05. The summed E-state index contributed by atoms with van der Waals surface area (Å²) in [7, 11) is -7.14. The first-order valence-electron chi connectivity index (χ1n) is 5.76. The molecule has 1 aliphatic heterocycles. The van der Waals surface area contributed by atoms with E-state index in [0.29, 0.717) is 0 Å². The summed E-state index contributed by atoms with van der Waals surface area (Å²) in [6, 6.07) is 3.11. The highest BCUT2D eigenvalue weighted by molar-refractivity contribution is 7.91. The lowest BCUT2D eigenvalue weighted by molar-refractivity contribution is 0.476. The first-order valence-corrected chi connectivity index (χ1v) is 9.53. The molecule has 0 radical (unpaired) electrons. The molecule has 1 aromatic carbocycles. The third-order valence-corrected chi connectivity index (χ3v) is 6.99. The van der Waals surface area contributed by atoms with Crippen LogP contribution < -0.4 is 0 Å². The average molecular weight is 342 g/mol. The van der Waals surface area contributed by atoms with Gasteiger partial charge in [0.25, 0.3) is 0 Å². The molecule has 0 aromatic heterocycles. The normalized spacial score (nSPS) is 21.2. The Bertz CT molecular complexity index is 733. The van der Waals surface area contributed by atoms with Gasteiger partial charge in [-0.2, -0.15) is 4.31 Å². The van der Waals surface area contributed by atoms with Crippen LogP contribution >= 0.6 is 11.6 Å². The Morgan fingerprint density at radius 3 is 2.45 bits per heavy atom. The highest BCUT2D eigenvalue weighted by Gasteiger charge is 2.37. The fourth-order valence-corrected chi connectivity index (χ4v) is 4.90. The standard InChI is InChI=1S/C11H13ClFNO4S2/c1-19(15,16)9-4-5-14(7-9)20(17,18)8-2-3-11(13)10(12)6-8/h2-3,6,9H,4-5,7H2,1H3/t9-/m1/s1. The number of hydrogen-bond acceptors (Lipinski definition) is 4. The molecule has 20 heavy (non-hydrogen) atoms. The van der Waals surface area contributed by atoms with Crippen LogP contribution in [0.3, 0.4) is 0 Å². The lowest BCUT2D eigenvalue weighted by Gasteiger charge is -2.16. The van der Waals surface area contributed by atoms with E-state index in [0.717, 1.165) is 28.8 Å². The summed E-state index contributed by atoms with van der Waals surface area (Å²) >= 11 is 5.57. The van der Waals surface area contributed by atoms with Crippen molar-refractivity contribution in [2.24, 2.45) is 0 Å². The van der Waals surface area contributed by atoms with E-state index in [1.165, 1.54) is 0 Å². The second-order valence-electron chi connectivity index (χ2n) is 4.68. The Kier molecular flexibility index (Phi) is 4.12. The zero-order valence-corrected chi connectivity index (χ0v) is 13.0. The average Bonchev–Trinajstić information content (AvgIpc) is 2.82. The maximum Gasteiger partial charge on any atom is 0.243 e. The molecule has 0 amide bonds. The van der Waals surface area contributed by atoms with Crippen molar-refractivity contribution in [2.75, 3.05) is 19.3 Å². The van der Waals surface area contributed by atoms with Gasteiger partial charge in [-0.1, -0.05) is 11.6 Å². The summed E-state index contributed by atoms with van der Waals surface area (Å²) < 4.78 is 61.7. The lowest BCUT2D eigenvalue weighted by atomic mass is 10.3. The third kappa shape index (κ3) is 2.98. The van der Waals surface area contributed by atoms with E-state index in [9.17, 15) is 21.2 Å². The number of nitrogens with zero attached hydrogens (tertiary/aromatic N) is 1. The van der Waals surface area contributed by atoms with E-state index >= 15 is 0 Å². The number of benzene rings is 1. The number of rotatable bonds is 3. The van der Waals surface area contributed by atoms with Crippen molar-refractivity contribution in [3.63, 3.8) is 0 Å². The monoisotopic (exact) mass is 341 g/mol. The Morgan fingerprint density at radius 2 is 1.95 bits per heavy atom. The molecule has 5 nitrogen and oxygen atoms in total. The quantitative estimate of drug-likeness (QED) is 0.830. The van der Waals surface area contributed by atoms with Gasteiger partial charge < -0.3 is 0 Å². The van der Waals surface area contributed by atoms with Crippen LogP contribution in [0.5, 0.6) is 0 Å². The molecule has 9 heteroatoms. The zero-order chi connectivity index (χ0) is 15.1. The molecule has 0 unspecified atom stereocenters. The van der Waals surface area contributed by atoms with Crippen molar-refractivity contribution in [3.8, 4) is 0 Å². The Morgan fingerprint density at radius 1 is 1.30 bits per heavy atom. The second-order valence-corrected chi connectivity index (χ2v) is 9.35. The summed E-state index contributed by atoms with van der Waals surface area (Å²) in [5, 5.41) is -0.988. The number of sulfonamides is 1. The predicted molar refractivity (Wildman–Crippen MR) is 73.4 cm³/mol. The van der Waals surface area contributed by atoms with E-state index in [2.05, 4.69) is 0 Å². The minimum Gasteiger partial charge on any atom is -0.229 e. The van der Waals surface area contributed by atoms with Crippen LogP contribution in [0.25, 0.3) is 0 Å². The minimum absolute atomic E-state index is 0.0871. The van der Waals surface area contributed by atoms with Crippen molar-refractivity contribution in [1.82, 2.24) is 4.31 Å². The minimum atomic E-state index is -3.85. The van der Waals surface area contributed by atoms with Crippen molar-refractivity contribution in [2.45, 2.75) is 16.6 Å². The van der Waals surface area contributed by atoms with E-state index in [4.69, 9.17) is 11.6 Å². The molecule has 1 fully saturated rings. The molecule has 0 N–H and O–H groups in total. The molecular weight excluding hydrogens is 329 g/mol. The summed E-state index contributed by atoms with van der Waals surface area (Å²) in [4.78, 5) is -0.141. The van der Waals surface area contributed by atoms with Crippen LogP contribution in [-0.4, -0.2) is 45.7 Å². The second kappa shape index (κ2) is 5.25. The van der Waals surface area contributed by atoms with Crippen LogP contribution in [0.4, 0.5) is 4.39 Å². The topological polar surface area (TPSA) is 71.5 Å². The molecule has 0 aliphatic carbocycles. The molecule has 1 atom stereocenters. The van der Waals surface area contributed by atoms with Crippen LogP contribution in [0.2, 0.25) is 5.02 Å². The highest BCUT2D eigenvalue weighted by atomic mass is 35.5. The van der Waals surface area contributed by atoms with Gasteiger partial charge in [0.2, 0.25) is 10.0 Å². The Hall–Kier alpha value is -0.700. The van der Waals surface area contributed by atoms with Gasteiger partial charge in [-0.05, 0) is 24.6 Å². The molecule has 0 spiro atoms. The molecule has 1 heterocycles.